The maximum absolute atomic E-state index is 12.6. The summed E-state index contributed by atoms with van der Waals surface area (Å²) in [4.78, 5) is 16.8. The first kappa shape index (κ1) is 23.5. The molecule has 0 aliphatic carbocycles. The van der Waals surface area contributed by atoms with Crippen LogP contribution in [0.5, 0.6) is 5.75 Å². The van der Waals surface area contributed by atoms with Gasteiger partial charge in [-0.15, -0.1) is 0 Å². The molecule has 1 heterocycles. The molecule has 32 heavy (non-hydrogen) atoms. The van der Waals surface area contributed by atoms with Crippen LogP contribution in [0.15, 0.2) is 53.5 Å². The normalized spacial score (nSPS) is 16.1. The molecule has 1 atom stereocenters. The van der Waals surface area contributed by atoms with Crippen LogP contribution in [0.25, 0.3) is 0 Å². The SMILES string of the molecule is CCNC(=NCc1cccc(NC(=O)C2CCCO2)c1)NCc1ccccc1OC(F)F. The molecule has 3 rings (SSSR count). The van der Waals surface area contributed by atoms with E-state index in [-0.39, 0.29) is 18.2 Å². The summed E-state index contributed by atoms with van der Waals surface area (Å²) in [5.41, 5.74) is 2.19. The highest BCUT2D eigenvalue weighted by Crippen LogP contribution is 2.20. The Morgan fingerprint density at radius 2 is 2.06 bits per heavy atom. The molecule has 1 amide bonds. The minimum Gasteiger partial charge on any atom is -0.434 e. The van der Waals surface area contributed by atoms with E-state index in [1.807, 2.05) is 31.2 Å². The van der Waals surface area contributed by atoms with Gasteiger partial charge in [0.15, 0.2) is 5.96 Å². The predicted octanol–water partition coefficient (Wildman–Crippen LogP) is 3.66. The van der Waals surface area contributed by atoms with Gasteiger partial charge in [-0.05, 0) is 43.5 Å². The number of hydrogen-bond acceptors (Lipinski definition) is 4. The molecule has 0 saturated carbocycles. The highest BCUT2D eigenvalue weighted by molar-refractivity contribution is 5.94. The van der Waals surface area contributed by atoms with Crippen LogP contribution in [0.3, 0.4) is 0 Å². The molecule has 1 aliphatic heterocycles. The summed E-state index contributed by atoms with van der Waals surface area (Å²) in [7, 11) is 0. The zero-order chi connectivity index (χ0) is 22.8. The summed E-state index contributed by atoms with van der Waals surface area (Å²) < 4.78 is 35.2. The first-order valence-corrected chi connectivity index (χ1v) is 10.6. The average Bonchev–Trinajstić information content (AvgIpc) is 3.32. The van der Waals surface area contributed by atoms with Gasteiger partial charge in [-0.2, -0.15) is 8.78 Å². The second-order valence-electron chi connectivity index (χ2n) is 7.23. The van der Waals surface area contributed by atoms with Gasteiger partial charge in [-0.3, -0.25) is 4.79 Å². The fraction of sp³-hybridized carbons (Fsp3) is 0.391. The molecule has 1 fully saturated rings. The number of aliphatic imine (C=N–C) groups is 1. The number of anilines is 1. The summed E-state index contributed by atoms with van der Waals surface area (Å²) in [6.07, 6.45) is 1.24. The lowest BCUT2D eigenvalue weighted by atomic mass is 10.2. The number of nitrogens with zero attached hydrogens (tertiary/aromatic N) is 1. The number of alkyl halides is 2. The fourth-order valence-corrected chi connectivity index (χ4v) is 3.31. The van der Waals surface area contributed by atoms with Crippen molar-refractivity contribution in [3.8, 4) is 5.75 Å². The summed E-state index contributed by atoms with van der Waals surface area (Å²) in [5.74, 6) is 0.525. The van der Waals surface area contributed by atoms with Crippen LogP contribution in [-0.4, -0.2) is 37.7 Å². The zero-order valence-electron chi connectivity index (χ0n) is 17.9. The standard InChI is InChI=1S/C23H28F2N4O3/c1-2-26-23(28-15-17-8-3-4-10-19(17)32-22(24)25)27-14-16-7-5-9-18(13-16)29-21(30)20-11-6-12-31-20/h3-5,7-10,13,20,22H,2,6,11-12,14-15H2,1H3,(H,29,30)(H2,26,27,28). The highest BCUT2D eigenvalue weighted by Gasteiger charge is 2.23. The summed E-state index contributed by atoms with van der Waals surface area (Å²) >= 11 is 0. The topological polar surface area (TPSA) is 84.0 Å². The third-order valence-corrected chi connectivity index (χ3v) is 4.82. The molecular formula is C23H28F2N4O3. The lowest BCUT2D eigenvalue weighted by molar-refractivity contribution is -0.124. The number of carbonyl (C=O) groups excluding carboxylic acids is 1. The van der Waals surface area contributed by atoms with Gasteiger partial charge in [-0.1, -0.05) is 30.3 Å². The van der Waals surface area contributed by atoms with Gasteiger partial charge >= 0.3 is 6.61 Å². The molecule has 2 aromatic carbocycles. The third-order valence-electron chi connectivity index (χ3n) is 4.82. The molecule has 3 N–H and O–H groups in total. The van der Waals surface area contributed by atoms with E-state index < -0.39 is 12.7 Å². The van der Waals surface area contributed by atoms with E-state index in [9.17, 15) is 13.6 Å². The minimum atomic E-state index is -2.88. The number of carbonyl (C=O) groups is 1. The maximum atomic E-state index is 12.6. The van der Waals surface area contributed by atoms with Crippen LogP contribution in [0.2, 0.25) is 0 Å². The van der Waals surface area contributed by atoms with E-state index in [1.165, 1.54) is 6.07 Å². The van der Waals surface area contributed by atoms with Gasteiger partial charge < -0.3 is 25.4 Å². The van der Waals surface area contributed by atoms with Crippen molar-refractivity contribution < 1.29 is 23.0 Å². The number of amides is 1. The minimum absolute atomic E-state index is 0.125. The Labute approximate surface area is 186 Å². The summed E-state index contributed by atoms with van der Waals surface area (Å²) in [6, 6.07) is 14.1. The van der Waals surface area contributed by atoms with Crippen molar-refractivity contribution in [1.82, 2.24) is 10.6 Å². The molecule has 7 nitrogen and oxygen atoms in total. The quantitative estimate of drug-likeness (QED) is 0.405. The van der Waals surface area contributed by atoms with Gasteiger partial charge in [-0.25, -0.2) is 4.99 Å². The van der Waals surface area contributed by atoms with Crippen molar-refractivity contribution in [2.24, 2.45) is 4.99 Å². The zero-order valence-corrected chi connectivity index (χ0v) is 17.9. The van der Waals surface area contributed by atoms with Gasteiger partial charge in [0.2, 0.25) is 0 Å². The van der Waals surface area contributed by atoms with E-state index in [4.69, 9.17) is 4.74 Å². The Hall–Kier alpha value is -3.20. The number of halogens is 2. The first-order chi connectivity index (χ1) is 15.5. The van der Waals surface area contributed by atoms with Gasteiger partial charge in [0.1, 0.15) is 11.9 Å². The molecule has 0 bridgehead atoms. The second kappa shape index (κ2) is 12.0. The molecule has 1 aliphatic rings. The molecule has 172 valence electrons. The number of guanidine groups is 1. The second-order valence-corrected chi connectivity index (χ2v) is 7.23. The Morgan fingerprint density at radius 3 is 2.81 bits per heavy atom. The van der Waals surface area contributed by atoms with Gasteiger partial charge in [0.25, 0.3) is 5.91 Å². The summed E-state index contributed by atoms with van der Waals surface area (Å²) in [5, 5.41) is 9.15. The smallest absolute Gasteiger partial charge is 0.387 e. The lowest BCUT2D eigenvalue weighted by Gasteiger charge is -2.14. The van der Waals surface area contributed by atoms with Crippen LogP contribution >= 0.6 is 0 Å². The Balaban J connectivity index is 1.61. The fourth-order valence-electron chi connectivity index (χ4n) is 3.31. The number of ether oxygens (including phenoxy) is 2. The number of para-hydroxylation sites is 1. The van der Waals surface area contributed by atoms with Crippen molar-refractivity contribution in [2.75, 3.05) is 18.5 Å². The Kier molecular flexibility index (Phi) is 8.79. The maximum Gasteiger partial charge on any atom is 0.387 e. The van der Waals surface area contributed by atoms with Gasteiger partial charge in [0.05, 0.1) is 6.54 Å². The van der Waals surface area contributed by atoms with E-state index >= 15 is 0 Å². The molecule has 1 unspecified atom stereocenters. The molecule has 0 aromatic heterocycles. The Morgan fingerprint density at radius 1 is 1.22 bits per heavy atom. The van der Waals surface area contributed by atoms with Crippen LogP contribution in [-0.2, 0) is 22.6 Å². The molecule has 9 heteroatoms. The first-order valence-electron chi connectivity index (χ1n) is 10.6. The highest BCUT2D eigenvalue weighted by atomic mass is 19.3. The van der Waals surface area contributed by atoms with E-state index in [0.29, 0.717) is 36.9 Å². The predicted molar refractivity (Wildman–Crippen MR) is 119 cm³/mol. The number of hydrogen-bond donors (Lipinski definition) is 3. The average molecular weight is 446 g/mol. The van der Waals surface area contributed by atoms with Crippen molar-refractivity contribution in [3.05, 3.63) is 59.7 Å². The Bertz CT molecular complexity index is 918. The van der Waals surface area contributed by atoms with Crippen LogP contribution in [0.1, 0.15) is 30.9 Å². The van der Waals surface area contributed by atoms with Crippen molar-refractivity contribution in [3.63, 3.8) is 0 Å². The number of rotatable bonds is 9. The molecule has 2 aromatic rings. The number of nitrogens with one attached hydrogen (secondary N) is 3. The molecule has 0 spiro atoms. The number of benzene rings is 2. The van der Waals surface area contributed by atoms with E-state index in [2.05, 4.69) is 25.7 Å². The summed E-state index contributed by atoms with van der Waals surface area (Å²) in [6.45, 7) is 0.947. The van der Waals surface area contributed by atoms with E-state index in [1.54, 1.807) is 18.2 Å². The van der Waals surface area contributed by atoms with Crippen molar-refractivity contribution in [2.45, 2.75) is 45.6 Å². The van der Waals surface area contributed by atoms with Crippen molar-refractivity contribution in [1.29, 1.82) is 0 Å². The molecular weight excluding hydrogens is 418 g/mol. The molecule has 0 radical (unpaired) electrons. The monoisotopic (exact) mass is 446 g/mol. The van der Waals surface area contributed by atoms with Crippen LogP contribution in [0, 0.1) is 0 Å². The lowest BCUT2D eigenvalue weighted by Crippen LogP contribution is -2.36. The van der Waals surface area contributed by atoms with E-state index in [0.717, 1.165) is 18.4 Å². The largest absolute Gasteiger partial charge is 0.434 e. The van der Waals surface area contributed by atoms with Gasteiger partial charge in [0, 0.05) is 30.9 Å². The molecule has 1 saturated heterocycles. The van der Waals surface area contributed by atoms with Crippen LogP contribution < -0.4 is 20.7 Å². The third kappa shape index (κ3) is 7.19. The van der Waals surface area contributed by atoms with Crippen LogP contribution in [0.4, 0.5) is 14.5 Å². The van der Waals surface area contributed by atoms with Crippen molar-refractivity contribution >= 4 is 17.6 Å².